The summed E-state index contributed by atoms with van der Waals surface area (Å²) >= 11 is 0. The smallest absolute Gasteiger partial charge is 0 e. The van der Waals surface area contributed by atoms with E-state index in [1.807, 2.05) is 0 Å². The molecule has 0 aliphatic rings. The van der Waals surface area contributed by atoms with Gasteiger partial charge in [0.15, 0.2) is 0 Å². The van der Waals surface area contributed by atoms with Gasteiger partial charge in [-0.15, -0.1) is 0 Å². The molecule has 0 bridgehead atoms. The first-order valence-electron chi connectivity index (χ1n) is 0. The first-order valence-corrected chi connectivity index (χ1v) is 0. The molecule has 0 aromatic carbocycles. The Labute approximate surface area is 44.0 Å². The fourth-order valence-corrected chi connectivity index (χ4v) is 0. The van der Waals surface area contributed by atoms with Gasteiger partial charge in [-0.2, -0.15) is 0 Å². The summed E-state index contributed by atoms with van der Waals surface area (Å²) in [5.41, 5.74) is 0. The Bertz CT molecular complexity index is 8.00. The van der Waals surface area contributed by atoms with Gasteiger partial charge in [-0.3, -0.25) is 0 Å². The molecule has 0 rings (SSSR count). The Balaban J connectivity index is 0. The minimum atomic E-state index is 0. The zero-order valence-corrected chi connectivity index (χ0v) is 6.26. The van der Waals surface area contributed by atoms with Gasteiger partial charge >= 0.3 is 0 Å². The molecule has 0 radical (unpaired) electrons. The molecule has 0 saturated heterocycles. The van der Waals surface area contributed by atoms with Crippen LogP contribution in [-0.2, 0) is 19.5 Å². The Morgan fingerprint density at radius 1 is 1.00 bits per heavy atom. The molecule has 0 heterocycles. The van der Waals surface area contributed by atoms with Gasteiger partial charge in [-0.1, -0.05) is 0 Å². The summed E-state index contributed by atoms with van der Waals surface area (Å²) in [6, 6.07) is 0. The van der Waals surface area contributed by atoms with Crippen LogP contribution in [0.4, 0.5) is 0 Å². The van der Waals surface area contributed by atoms with Crippen molar-refractivity contribution in [2.24, 2.45) is 0 Å². The summed E-state index contributed by atoms with van der Waals surface area (Å²) in [6.07, 6.45) is 0. The van der Waals surface area contributed by atoms with E-state index in [-0.39, 0.29) is 43.5 Å². The second kappa shape index (κ2) is 44.3. The molecule has 0 aromatic heterocycles. The fraction of sp³-hybridized carbons (Fsp3) is 0. The van der Waals surface area contributed by atoms with Crippen LogP contribution in [-0.4, -0.2) is 5.48 Å². The van der Waals surface area contributed by atoms with E-state index in [1.54, 1.807) is 0 Å². The third-order valence-corrected chi connectivity index (χ3v) is 0. The molecular formula is H5ClNOZn-. The molecule has 0 aromatic rings. The molecule has 0 aliphatic heterocycles. The molecule has 4 heavy (non-hydrogen) atoms. The van der Waals surface area contributed by atoms with Crippen LogP contribution in [0.25, 0.3) is 0 Å². The van der Waals surface area contributed by atoms with Crippen LogP contribution in [0.1, 0.15) is 0 Å². The molecule has 5 N–H and O–H groups in total. The second-order valence-corrected chi connectivity index (χ2v) is 0. The maximum Gasteiger partial charge on any atom is 0 e. The Hall–Kier alpha value is 0.833. The summed E-state index contributed by atoms with van der Waals surface area (Å²) in [6.45, 7) is 0. The van der Waals surface area contributed by atoms with Crippen molar-refractivity contribution in [1.82, 2.24) is 6.15 Å². The molecule has 2 nitrogen and oxygen atoms in total. The van der Waals surface area contributed by atoms with E-state index in [1.165, 1.54) is 0 Å². The van der Waals surface area contributed by atoms with Crippen molar-refractivity contribution in [3.63, 3.8) is 0 Å². The number of rotatable bonds is 0. The van der Waals surface area contributed by atoms with Gasteiger partial charge in [0.1, 0.15) is 0 Å². The molecule has 4 heteroatoms. The van der Waals surface area contributed by atoms with E-state index < -0.39 is 0 Å². The van der Waals surface area contributed by atoms with Crippen molar-refractivity contribution in [2.45, 2.75) is 0 Å². The van der Waals surface area contributed by atoms with Crippen LogP contribution in [0.5, 0.6) is 0 Å². The first kappa shape index (κ1) is 102. The molecule has 0 saturated carbocycles. The molecule has 0 atom stereocenters. The van der Waals surface area contributed by atoms with Crippen LogP contribution in [0.2, 0.25) is 0 Å². The van der Waals surface area contributed by atoms with Crippen molar-refractivity contribution in [2.75, 3.05) is 0 Å². The maximum absolute atomic E-state index is 0. The molecule has 0 spiro atoms. The largest absolute Gasteiger partial charge is 1.00 e. The standard InChI is InChI=1S/ClH.H3N.H2O.Zn/h1H;1H3;1H2;/p-1. The van der Waals surface area contributed by atoms with Gasteiger partial charge in [0, 0.05) is 19.5 Å². The van der Waals surface area contributed by atoms with Crippen molar-refractivity contribution >= 4 is 0 Å². The number of quaternary nitrogens is 1. The van der Waals surface area contributed by atoms with Crippen molar-refractivity contribution in [3.8, 4) is 0 Å². The minimum absolute atomic E-state index is 0. The van der Waals surface area contributed by atoms with Gasteiger partial charge in [0.05, 0.1) is 0 Å². The van der Waals surface area contributed by atoms with E-state index in [0.29, 0.717) is 0 Å². The van der Waals surface area contributed by atoms with Crippen molar-refractivity contribution < 1.29 is 37.4 Å². The summed E-state index contributed by atoms with van der Waals surface area (Å²) in [7, 11) is 0. The van der Waals surface area contributed by atoms with E-state index >= 15 is 0 Å². The average molecular weight is 136 g/mol. The average Bonchev–Trinajstić information content (AvgIpc) is 0. The Kier molecular flexibility index (Phi) is 1130. The van der Waals surface area contributed by atoms with E-state index in [9.17, 15) is 0 Å². The van der Waals surface area contributed by atoms with Crippen LogP contribution in [0, 0.1) is 0 Å². The molecule has 0 unspecified atom stereocenters. The van der Waals surface area contributed by atoms with Crippen LogP contribution in [0.15, 0.2) is 0 Å². The van der Waals surface area contributed by atoms with Gasteiger partial charge in [-0.25, -0.2) is 0 Å². The topological polar surface area (TPSA) is 66.5 Å². The quantitative estimate of drug-likeness (QED) is 0.359. The first-order chi connectivity index (χ1) is 0. The fourth-order valence-electron chi connectivity index (χ4n) is 0. The van der Waals surface area contributed by atoms with Gasteiger partial charge in [0.25, 0.3) is 0 Å². The third-order valence-electron chi connectivity index (χ3n) is 0. The zero-order valence-electron chi connectivity index (χ0n) is 2.53. The van der Waals surface area contributed by atoms with Gasteiger partial charge in [-0.05, 0) is 0 Å². The van der Waals surface area contributed by atoms with Crippen LogP contribution in [0.3, 0.4) is 0 Å². The normalized spacial score (nSPS) is 0. The summed E-state index contributed by atoms with van der Waals surface area (Å²) in [4.78, 5) is 0. The SMILES string of the molecule is [Cl-].[NH4+].[OH-].[Zn]. The molecule has 0 amide bonds. The summed E-state index contributed by atoms with van der Waals surface area (Å²) in [5, 5.41) is 0. The maximum atomic E-state index is 0. The number of halogens is 1. The van der Waals surface area contributed by atoms with E-state index in [2.05, 4.69) is 0 Å². The number of hydrogen-bond donors (Lipinski definition) is 1. The van der Waals surface area contributed by atoms with Gasteiger partial charge < -0.3 is 24.0 Å². The molecular weight excluding hydrogens is 131 g/mol. The van der Waals surface area contributed by atoms with E-state index in [4.69, 9.17) is 0 Å². The summed E-state index contributed by atoms with van der Waals surface area (Å²) in [5.74, 6) is 0. The number of hydrogen-bond acceptors (Lipinski definition) is 1. The minimum Gasteiger partial charge on any atom is -1.00 e. The van der Waals surface area contributed by atoms with Crippen LogP contribution < -0.4 is 18.6 Å². The van der Waals surface area contributed by atoms with Gasteiger partial charge in [0.2, 0.25) is 0 Å². The van der Waals surface area contributed by atoms with Crippen molar-refractivity contribution in [3.05, 3.63) is 0 Å². The predicted molar refractivity (Wildman–Crippen MR) is 7.92 cm³/mol. The van der Waals surface area contributed by atoms with E-state index in [0.717, 1.165) is 0 Å². The summed E-state index contributed by atoms with van der Waals surface area (Å²) < 4.78 is 0. The third kappa shape index (κ3) is 13.7. The van der Waals surface area contributed by atoms with Crippen LogP contribution >= 0.6 is 0 Å². The predicted octanol–water partition coefficient (Wildman–Crippen LogP) is -2.80. The molecule has 0 fully saturated rings. The monoisotopic (exact) mass is 134 g/mol. The Morgan fingerprint density at radius 2 is 1.00 bits per heavy atom. The van der Waals surface area contributed by atoms with Crippen molar-refractivity contribution in [1.29, 1.82) is 0 Å². The second-order valence-electron chi connectivity index (χ2n) is 0. The molecule has 0 aliphatic carbocycles. The Morgan fingerprint density at radius 3 is 1.00 bits per heavy atom. The zero-order chi connectivity index (χ0) is 0. The molecule has 26 valence electrons.